The molecule has 0 aliphatic carbocycles. The summed E-state index contributed by atoms with van der Waals surface area (Å²) in [6.45, 7) is 4.13. The first-order valence-electron chi connectivity index (χ1n) is 10.2. The Morgan fingerprint density at radius 2 is 1.78 bits per heavy atom. The van der Waals surface area contributed by atoms with Crippen LogP contribution in [0.5, 0.6) is 0 Å². The highest BCUT2D eigenvalue weighted by atomic mass is 127. The second kappa shape index (κ2) is 13.4. The average molecular weight is 548 g/mol. The summed E-state index contributed by atoms with van der Waals surface area (Å²) in [5.41, 5.74) is 4.02. The van der Waals surface area contributed by atoms with Gasteiger partial charge in [-0.15, -0.1) is 24.0 Å². The van der Waals surface area contributed by atoms with Gasteiger partial charge in [0.05, 0.1) is 19.3 Å². The summed E-state index contributed by atoms with van der Waals surface area (Å²) >= 11 is 0. The van der Waals surface area contributed by atoms with Crippen LogP contribution >= 0.6 is 24.0 Å². The highest BCUT2D eigenvalue weighted by Gasteiger charge is 2.02. The largest absolute Gasteiger partial charge is 0.453 e. The fourth-order valence-corrected chi connectivity index (χ4v) is 2.94. The molecule has 1 aromatic heterocycles. The van der Waals surface area contributed by atoms with Gasteiger partial charge in [-0.3, -0.25) is 5.32 Å². The van der Waals surface area contributed by atoms with E-state index >= 15 is 0 Å². The number of anilines is 1. The molecule has 0 aliphatic heterocycles. The highest BCUT2D eigenvalue weighted by molar-refractivity contribution is 14.0. The van der Waals surface area contributed by atoms with E-state index in [4.69, 9.17) is 0 Å². The summed E-state index contributed by atoms with van der Waals surface area (Å²) in [5, 5.41) is 13.5. The standard InChI is InChI=1S/C23H28N6O2.HI/c1-3-24-22(26-17-19-5-9-20(10-6-19)28-23(30)31-2)25-15-13-18-7-11-21(12-8-18)29-16-4-14-27-29;/h4-12,14,16H,3,13,15,17H2,1-2H3,(H,28,30)(H2,24,25,26);1H. The molecule has 0 radical (unpaired) electrons. The minimum atomic E-state index is -0.486. The van der Waals surface area contributed by atoms with Gasteiger partial charge in [0.2, 0.25) is 0 Å². The van der Waals surface area contributed by atoms with Crippen molar-refractivity contribution in [1.29, 1.82) is 0 Å². The summed E-state index contributed by atoms with van der Waals surface area (Å²) in [6.07, 6.45) is 4.10. The first-order chi connectivity index (χ1) is 15.2. The molecule has 0 saturated carbocycles. The van der Waals surface area contributed by atoms with Crippen molar-refractivity contribution in [2.24, 2.45) is 4.99 Å². The lowest BCUT2D eigenvalue weighted by Crippen LogP contribution is -2.38. The monoisotopic (exact) mass is 548 g/mol. The van der Waals surface area contributed by atoms with Crippen molar-refractivity contribution in [3.05, 3.63) is 78.1 Å². The number of methoxy groups -OCH3 is 1. The van der Waals surface area contributed by atoms with Crippen LogP contribution in [0.4, 0.5) is 10.5 Å². The Morgan fingerprint density at radius 1 is 1.06 bits per heavy atom. The molecule has 0 atom stereocenters. The molecule has 0 fully saturated rings. The quantitative estimate of drug-likeness (QED) is 0.225. The second-order valence-electron chi connectivity index (χ2n) is 6.80. The van der Waals surface area contributed by atoms with Gasteiger partial charge in [0.1, 0.15) is 0 Å². The summed E-state index contributed by atoms with van der Waals surface area (Å²) < 4.78 is 6.43. The van der Waals surface area contributed by atoms with E-state index in [2.05, 4.69) is 55.0 Å². The fraction of sp³-hybridized carbons (Fsp3) is 0.261. The molecule has 0 saturated heterocycles. The first kappa shape index (κ1) is 25.2. The number of aliphatic imine (C=N–C) groups is 1. The van der Waals surface area contributed by atoms with Gasteiger partial charge in [0.15, 0.2) is 5.96 Å². The molecule has 3 N–H and O–H groups in total. The number of carbonyl (C=O) groups is 1. The molecule has 0 spiro atoms. The number of nitrogens with one attached hydrogen (secondary N) is 3. The van der Waals surface area contributed by atoms with Gasteiger partial charge in [-0.05, 0) is 54.8 Å². The predicted octanol–water partition coefficient (Wildman–Crippen LogP) is 3.97. The number of halogens is 1. The molecular formula is C23H29IN6O2. The van der Waals surface area contributed by atoms with Crippen LogP contribution in [-0.2, 0) is 17.7 Å². The molecule has 2 aromatic carbocycles. The number of carbonyl (C=O) groups excluding carboxylic acids is 1. The van der Waals surface area contributed by atoms with E-state index in [1.165, 1.54) is 12.7 Å². The number of aromatic nitrogens is 2. The summed E-state index contributed by atoms with van der Waals surface area (Å²) in [5.74, 6) is 0.771. The Morgan fingerprint density at radius 3 is 2.41 bits per heavy atom. The number of rotatable bonds is 8. The zero-order valence-corrected chi connectivity index (χ0v) is 20.6. The maximum atomic E-state index is 11.3. The second-order valence-corrected chi connectivity index (χ2v) is 6.80. The molecule has 32 heavy (non-hydrogen) atoms. The molecule has 3 rings (SSSR count). The fourth-order valence-electron chi connectivity index (χ4n) is 2.94. The van der Waals surface area contributed by atoms with E-state index in [0.29, 0.717) is 12.2 Å². The molecular weight excluding hydrogens is 519 g/mol. The number of nitrogens with zero attached hydrogens (tertiary/aromatic N) is 3. The molecule has 8 nitrogen and oxygen atoms in total. The van der Waals surface area contributed by atoms with Crippen LogP contribution in [-0.4, -0.2) is 42.0 Å². The predicted molar refractivity (Wildman–Crippen MR) is 138 cm³/mol. The SMILES string of the molecule is CCNC(=NCc1ccc(NC(=O)OC)cc1)NCCc1ccc(-n2cccn2)cc1.I. The molecule has 1 heterocycles. The number of amides is 1. The summed E-state index contributed by atoms with van der Waals surface area (Å²) in [7, 11) is 1.34. The van der Waals surface area contributed by atoms with E-state index in [0.717, 1.165) is 36.7 Å². The number of ether oxygens (including phenoxy) is 1. The van der Waals surface area contributed by atoms with Crippen LogP contribution < -0.4 is 16.0 Å². The molecule has 0 aliphatic rings. The van der Waals surface area contributed by atoms with Gasteiger partial charge >= 0.3 is 6.09 Å². The van der Waals surface area contributed by atoms with E-state index in [1.54, 1.807) is 6.20 Å². The number of guanidine groups is 1. The number of hydrogen-bond acceptors (Lipinski definition) is 4. The first-order valence-corrected chi connectivity index (χ1v) is 10.2. The molecule has 3 aromatic rings. The van der Waals surface area contributed by atoms with Crippen LogP contribution in [0.2, 0.25) is 0 Å². The van der Waals surface area contributed by atoms with Crippen LogP contribution in [0.25, 0.3) is 5.69 Å². The summed E-state index contributed by atoms with van der Waals surface area (Å²) in [6, 6.07) is 17.8. The van der Waals surface area contributed by atoms with Crippen LogP contribution in [0.1, 0.15) is 18.1 Å². The molecule has 1 amide bonds. The van der Waals surface area contributed by atoms with Gasteiger partial charge in [0.25, 0.3) is 0 Å². The van der Waals surface area contributed by atoms with Crippen molar-refractivity contribution in [3.8, 4) is 5.69 Å². The Kier molecular flexibility index (Phi) is 10.5. The van der Waals surface area contributed by atoms with Gasteiger partial charge in [0, 0.05) is 31.2 Å². The summed E-state index contributed by atoms with van der Waals surface area (Å²) in [4.78, 5) is 15.9. The highest BCUT2D eigenvalue weighted by Crippen LogP contribution is 2.11. The third kappa shape index (κ3) is 7.88. The number of hydrogen-bond donors (Lipinski definition) is 3. The Hall–Kier alpha value is -3.08. The topological polar surface area (TPSA) is 92.6 Å². The van der Waals surface area contributed by atoms with E-state index in [-0.39, 0.29) is 24.0 Å². The van der Waals surface area contributed by atoms with Crippen molar-refractivity contribution in [3.63, 3.8) is 0 Å². The van der Waals surface area contributed by atoms with Gasteiger partial charge < -0.3 is 15.4 Å². The lowest BCUT2D eigenvalue weighted by Gasteiger charge is -2.12. The minimum absolute atomic E-state index is 0. The van der Waals surface area contributed by atoms with Crippen molar-refractivity contribution < 1.29 is 9.53 Å². The average Bonchev–Trinajstić information content (AvgIpc) is 3.34. The molecule has 170 valence electrons. The zero-order chi connectivity index (χ0) is 21.9. The number of benzene rings is 2. The maximum absolute atomic E-state index is 11.3. The van der Waals surface area contributed by atoms with Crippen LogP contribution in [0.3, 0.4) is 0 Å². The third-order valence-corrected chi connectivity index (χ3v) is 4.56. The molecule has 0 unspecified atom stereocenters. The van der Waals surface area contributed by atoms with Crippen molar-refractivity contribution >= 4 is 41.7 Å². The van der Waals surface area contributed by atoms with E-state index in [1.807, 2.05) is 48.1 Å². The normalized spacial score (nSPS) is 10.8. The van der Waals surface area contributed by atoms with E-state index < -0.39 is 6.09 Å². The zero-order valence-electron chi connectivity index (χ0n) is 18.2. The Balaban J connectivity index is 0.00000363. The Bertz CT molecular complexity index is 973. The van der Waals surface area contributed by atoms with Gasteiger partial charge in [-0.1, -0.05) is 24.3 Å². The minimum Gasteiger partial charge on any atom is -0.453 e. The van der Waals surface area contributed by atoms with Crippen molar-refractivity contribution in [2.75, 3.05) is 25.5 Å². The molecule has 0 bridgehead atoms. The maximum Gasteiger partial charge on any atom is 0.411 e. The lowest BCUT2D eigenvalue weighted by atomic mass is 10.1. The van der Waals surface area contributed by atoms with Crippen LogP contribution in [0, 0.1) is 0 Å². The van der Waals surface area contributed by atoms with Gasteiger partial charge in [-0.25, -0.2) is 14.5 Å². The van der Waals surface area contributed by atoms with Crippen molar-refractivity contribution in [1.82, 2.24) is 20.4 Å². The van der Waals surface area contributed by atoms with Gasteiger partial charge in [-0.2, -0.15) is 5.10 Å². The van der Waals surface area contributed by atoms with Crippen LogP contribution in [0.15, 0.2) is 72.0 Å². The van der Waals surface area contributed by atoms with Crippen molar-refractivity contribution in [2.45, 2.75) is 19.9 Å². The lowest BCUT2D eigenvalue weighted by molar-refractivity contribution is 0.187. The van der Waals surface area contributed by atoms with E-state index in [9.17, 15) is 4.79 Å². The third-order valence-electron chi connectivity index (χ3n) is 4.56. The Labute approximate surface area is 205 Å². The molecule has 9 heteroatoms. The smallest absolute Gasteiger partial charge is 0.411 e.